The van der Waals surface area contributed by atoms with Crippen LogP contribution < -0.4 is 5.32 Å². The molecular weight excluding hydrogens is 281 g/mol. The number of ether oxygens (including phenoxy) is 1. The third kappa shape index (κ3) is 3.88. The van der Waals surface area contributed by atoms with E-state index >= 15 is 0 Å². The van der Waals surface area contributed by atoms with Crippen LogP contribution in [0.2, 0.25) is 0 Å². The maximum atomic E-state index is 13.1. The van der Waals surface area contributed by atoms with Crippen LogP contribution >= 0.6 is 0 Å². The smallest absolute Gasteiger partial charge is 0.382 e. The Kier molecular flexibility index (Phi) is 4.73. The molecule has 1 aromatic rings. The van der Waals surface area contributed by atoms with Crippen molar-refractivity contribution in [2.45, 2.75) is 44.0 Å². The monoisotopic (exact) mass is 298 g/mol. The molecule has 0 atom stereocenters. The third-order valence-electron chi connectivity index (χ3n) is 3.82. The van der Waals surface area contributed by atoms with Crippen LogP contribution in [0.1, 0.15) is 36.8 Å². The highest BCUT2D eigenvalue weighted by molar-refractivity contribution is 5.56. The molecule has 1 N–H and O–H groups in total. The van der Waals surface area contributed by atoms with Crippen LogP contribution in [0.4, 0.5) is 18.9 Å². The molecule has 0 aliphatic heterocycles. The molecule has 2 rings (SSSR count). The van der Waals surface area contributed by atoms with E-state index in [2.05, 4.69) is 5.32 Å². The summed E-state index contributed by atoms with van der Waals surface area (Å²) in [5.74, 6) is 0. The number of methoxy groups -OCH3 is 1. The molecule has 0 spiro atoms. The van der Waals surface area contributed by atoms with Gasteiger partial charge in [-0.2, -0.15) is 18.4 Å². The zero-order valence-electron chi connectivity index (χ0n) is 11.7. The maximum absolute atomic E-state index is 13.1. The lowest BCUT2D eigenvalue weighted by Crippen LogP contribution is -2.30. The van der Waals surface area contributed by atoms with E-state index in [9.17, 15) is 13.2 Å². The number of nitriles is 1. The molecule has 0 bridgehead atoms. The number of anilines is 1. The number of halogens is 3. The van der Waals surface area contributed by atoms with Crippen molar-refractivity contribution in [2.75, 3.05) is 12.4 Å². The fraction of sp³-hybridized carbons (Fsp3) is 0.533. The Balaban J connectivity index is 2.15. The van der Waals surface area contributed by atoms with Gasteiger partial charge in [0.25, 0.3) is 0 Å². The Labute approximate surface area is 121 Å². The first-order chi connectivity index (χ1) is 9.94. The van der Waals surface area contributed by atoms with Gasteiger partial charge in [0.15, 0.2) is 0 Å². The fourth-order valence-corrected chi connectivity index (χ4v) is 2.64. The second kappa shape index (κ2) is 6.35. The van der Waals surface area contributed by atoms with E-state index in [1.54, 1.807) is 13.2 Å². The number of benzene rings is 1. The first-order valence-corrected chi connectivity index (χ1v) is 6.84. The summed E-state index contributed by atoms with van der Waals surface area (Å²) in [6.07, 6.45) is -1.05. The van der Waals surface area contributed by atoms with E-state index in [1.807, 2.05) is 0 Å². The summed E-state index contributed by atoms with van der Waals surface area (Å²) < 4.78 is 44.5. The van der Waals surface area contributed by atoms with Crippen molar-refractivity contribution in [3.05, 3.63) is 29.3 Å². The quantitative estimate of drug-likeness (QED) is 0.919. The van der Waals surface area contributed by atoms with Gasteiger partial charge in [-0.1, -0.05) is 0 Å². The van der Waals surface area contributed by atoms with Crippen LogP contribution in [-0.2, 0) is 10.9 Å². The fourth-order valence-electron chi connectivity index (χ4n) is 2.64. The molecule has 0 heterocycles. The Morgan fingerprint density at radius 3 is 2.43 bits per heavy atom. The van der Waals surface area contributed by atoms with E-state index in [4.69, 9.17) is 10.00 Å². The summed E-state index contributed by atoms with van der Waals surface area (Å²) in [5, 5.41) is 11.7. The first kappa shape index (κ1) is 15.6. The van der Waals surface area contributed by atoms with Crippen molar-refractivity contribution < 1.29 is 17.9 Å². The molecule has 1 fully saturated rings. The second-order valence-electron chi connectivity index (χ2n) is 5.22. The molecule has 3 nitrogen and oxygen atoms in total. The van der Waals surface area contributed by atoms with Gasteiger partial charge in [-0.25, -0.2) is 0 Å². The van der Waals surface area contributed by atoms with Gasteiger partial charge in [0, 0.05) is 18.8 Å². The molecule has 114 valence electrons. The molecule has 0 unspecified atom stereocenters. The van der Waals surface area contributed by atoms with Gasteiger partial charge in [0.2, 0.25) is 0 Å². The second-order valence-corrected chi connectivity index (χ2v) is 5.22. The largest absolute Gasteiger partial charge is 0.418 e. The molecule has 21 heavy (non-hydrogen) atoms. The van der Waals surface area contributed by atoms with E-state index in [0.29, 0.717) is 0 Å². The Hall–Kier alpha value is -1.74. The molecule has 0 radical (unpaired) electrons. The predicted molar refractivity (Wildman–Crippen MR) is 72.8 cm³/mol. The van der Waals surface area contributed by atoms with Crippen LogP contribution in [0.3, 0.4) is 0 Å². The first-order valence-electron chi connectivity index (χ1n) is 6.84. The van der Waals surface area contributed by atoms with Gasteiger partial charge in [0.1, 0.15) is 0 Å². The zero-order valence-corrected chi connectivity index (χ0v) is 11.7. The van der Waals surface area contributed by atoms with Crippen molar-refractivity contribution >= 4 is 5.69 Å². The average Bonchev–Trinajstić information content (AvgIpc) is 2.47. The summed E-state index contributed by atoms with van der Waals surface area (Å²) >= 11 is 0. The van der Waals surface area contributed by atoms with Crippen molar-refractivity contribution in [1.82, 2.24) is 0 Å². The summed E-state index contributed by atoms with van der Waals surface area (Å²) in [6, 6.07) is 5.37. The van der Waals surface area contributed by atoms with E-state index in [-0.39, 0.29) is 23.4 Å². The lowest BCUT2D eigenvalue weighted by Gasteiger charge is -2.29. The lowest BCUT2D eigenvalue weighted by atomic mass is 9.92. The van der Waals surface area contributed by atoms with E-state index < -0.39 is 11.7 Å². The highest BCUT2D eigenvalue weighted by atomic mass is 19.4. The SMILES string of the molecule is COC1CCC(Nc2ccc(C#N)cc2C(F)(F)F)CC1. The molecule has 0 amide bonds. The van der Waals surface area contributed by atoms with Crippen LogP contribution in [-0.4, -0.2) is 19.3 Å². The number of rotatable bonds is 3. The molecule has 0 saturated heterocycles. The highest BCUT2D eigenvalue weighted by Gasteiger charge is 2.34. The molecular formula is C15H17F3N2O. The van der Waals surface area contributed by atoms with Gasteiger partial charge in [-0.15, -0.1) is 0 Å². The van der Waals surface area contributed by atoms with Crippen LogP contribution in [0, 0.1) is 11.3 Å². The number of hydrogen-bond acceptors (Lipinski definition) is 3. The summed E-state index contributed by atoms with van der Waals surface area (Å²) in [7, 11) is 1.65. The number of hydrogen-bond donors (Lipinski definition) is 1. The standard InChI is InChI=1S/C15H17F3N2O/c1-21-12-5-3-11(4-6-12)20-14-7-2-10(9-19)8-13(14)15(16,17)18/h2,7-8,11-12,20H,3-6H2,1H3. The predicted octanol–water partition coefficient (Wildman–Crippen LogP) is 3.95. The Morgan fingerprint density at radius 2 is 1.90 bits per heavy atom. The minimum Gasteiger partial charge on any atom is -0.382 e. The van der Waals surface area contributed by atoms with Crippen LogP contribution in [0.5, 0.6) is 0 Å². The van der Waals surface area contributed by atoms with Crippen molar-refractivity contribution in [2.24, 2.45) is 0 Å². The summed E-state index contributed by atoms with van der Waals surface area (Å²) in [5.41, 5.74) is -0.728. The molecule has 1 saturated carbocycles. The Bertz CT molecular complexity index is 529. The molecule has 0 aromatic heterocycles. The Morgan fingerprint density at radius 1 is 1.24 bits per heavy atom. The van der Waals surface area contributed by atoms with E-state index in [1.165, 1.54) is 12.1 Å². The van der Waals surface area contributed by atoms with Crippen molar-refractivity contribution in [3.8, 4) is 6.07 Å². The van der Waals surface area contributed by atoms with Gasteiger partial charge in [-0.05, 0) is 43.9 Å². The highest BCUT2D eigenvalue weighted by Crippen LogP contribution is 2.36. The minimum absolute atomic E-state index is 0.00503. The van der Waals surface area contributed by atoms with E-state index in [0.717, 1.165) is 31.7 Å². The van der Waals surface area contributed by atoms with Gasteiger partial charge in [0.05, 0.1) is 23.3 Å². The normalized spacial score (nSPS) is 22.6. The third-order valence-corrected chi connectivity index (χ3v) is 3.82. The number of nitrogens with one attached hydrogen (secondary N) is 1. The maximum Gasteiger partial charge on any atom is 0.418 e. The van der Waals surface area contributed by atoms with Crippen LogP contribution in [0.15, 0.2) is 18.2 Å². The van der Waals surface area contributed by atoms with Crippen molar-refractivity contribution in [1.29, 1.82) is 5.26 Å². The van der Waals surface area contributed by atoms with Crippen molar-refractivity contribution in [3.63, 3.8) is 0 Å². The molecule has 1 aromatic carbocycles. The topological polar surface area (TPSA) is 45.0 Å². The van der Waals surface area contributed by atoms with Gasteiger partial charge in [-0.3, -0.25) is 0 Å². The number of nitrogens with zero attached hydrogens (tertiary/aromatic N) is 1. The zero-order chi connectivity index (χ0) is 15.5. The van der Waals surface area contributed by atoms with Gasteiger partial charge < -0.3 is 10.1 Å². The average molecular weight is 298 g/mol. The summed E-state index contributed by atoms with van der Waals surface area (Å²) in [6.45, 7) is 0. The molecule has 6 heteroatoms. The summed E-state index contributed by atoms with van der Waals surface area (Å²) in [4.78, 5) is 0. The number of alkyl halides is 3. The minimum atomic E-state index is -4.47. The van der Waals surface area contributed by atoms with Gasteiger partial charge >= 0.3 is 6.18 Å². The van der Waals surface area contributed by atoms with Crippen LogP contribution in [0.25, 0.3) is 0 Å². The lowest BCUT2D eigenvalue weighted by molar-refractivity contribution is -0.137. The molecule has 1 aliphatic carbocycles. The molecule has 1 aliphatic rings.